The van der Waals surface area contributed by atoms with E-state index < -0.39 is 71.5 Å². The number of anilines is 2. The number of nitrogens with zero attached hydrogens (tertiary/aromatic N) is 4. The summed E-state index contributed by atoms with van der Waals surface area (Å²) in [5.74, 6) is -3.42. The van der Waals surface area contributed by atoms with Crippen LogP contribution in [0.25, 0.3) is 21.5 Å². The summed E-state index contributed by atoms with van der Waals surface area (Å²) in [5.41, 5.74) is 0.742. The van der Waals surface area contributed by atoms with Crippen LogP contribution >= 0.6 is 50.2 Å². The summed E-state index contributed by atoms with van der Waals surface area (Å²) in [7, 11) is 4.11. The zero-order valence-corrected chi connectivity index (χ0v) is 45.2. The van der Waals surface area contributed by atoms with Crippen LogP contribution in [0.3, 0.4) is 0 Å². The third-order valence-electron chi connectivity index (χ3n) is 10.9. The fraction of sp³-hybridized carbons (Fsp3) is 0.265. The first kappa shape index (κ1) is 68.3. The third-order valence-corrected chi connectivity index (χ3v) is 11.7. The largest absolute Gasteiger partial charge is 1.00 e. The van der Waals surface area contributed by atoms with E-state index in [1.54, 1.807) is 24.3 Å². The van der Waals surface area contributed by atoms with Crippen LogP contribution in [0.2, 0.25) is 10.0 Å². The van der Waals surface area contributed by atoms with Gasteiger partial charge in [0.2, 0.25) is 0 Å². The Morgan fingerprint density at radius 1 is 0.623 bits per heavy atom. The number of hydrogen-bond donors (Lipinski definition) is 5. The molecule has 2 heterocycles. The number of methoxy groups -OCH3 is 1. The van der Waals surface area contributed by atoms with Crippen molar-refractivity contribution in [3.05, 3.63) is 142 Å². The monoisotopic (exact) mass is 1150 g/mol. The summed E-state index contributed by atoms with van der Waals surface area (Å²) in [6, 6.07) is 17.1. The molecule has 0 spiro atoms. The number of carbonyl (C=O) groups is 6. The molecule has 2 aromatic heterocycles. The summed E-state index contributed by atoms with van der Waals surface area (Å²) >= 11 is 11.8. The number of esters is 1. The number of pyridine rings is 2. The molecule has 77 heavy (non-hydrogen) atoms. The minimum atomic E-state index is -1.09. The Morgan fingerprint density at radius 2 is 1.03 bits per heavy atom. The second-order valence-corrected chi connectivity index (χ2v) is 16.6. The van der Waals surface area contributed by atoms with Crippen molar-refractivity contribution >= 4 is 120 Å². The first-order valence-corrected chi connectivity index (χ1v) is 22.7. The number of aliphatic carboxylic acids is 1. The van der Waals surface area contributed by atoms with Crippen LogP contribution in [0.4, 0.5) is 48.4 Å². The molecule has 0 aliphatic heterocycles. The van der Waals surface area contributed by atoms with E-state index >= 15 is 0 Å². The van der Waals surface area contributed by atoms with Crippen molar-refractivity contribution < 1.29 is 90.0 Å². The number of rotatable bonds is 18. The summed E-state index contributed by atoms with van der Waals surface area (Å²) in [6.45, 7) is -0.679. The number of carboxylic acid groups (broad SMARTS) is 1. The minimum absolute atomic E-state index is 0. The third kappa shape index (κ3) is 21.3. The Balaban J connectivity index is 0.000000732. The number of fused-ring (bicyclic) bond motifs is 2. The van der Waals surface area contributed by atoms with Gasteiger partial charge in [0.15, 0.2) is 0 Å². The molecule has 6 rings (SSSR count). The Hall–Kier alpha value is -6.72. The molecule has 0 fully saturated rings. The molecule has 4 aromatic carbocycles. The van der Waals surface area contributed by atoms with Crippen LogP contribution in [0.1, 0.15) is 36.8 Å². The van der Waals surface area contributed by atoms with Gasteiger partial charge in [-0.15, -0.1) is 0 Å². The van der Waals surface area contributed by atoms with E-state index in [9.17, 15) is 46.3 Å². The van der Waals surface area contributed by atoms with Crippen molar-refractivity contribution in [3.63, 3.8) is 0 Å². The van der Waals surface area contributed by atoms with E-state index in [1.807, 2.05) is 0 Å². The van der Waals surface area contributed by atoms with Crippen molar-refractivity contribution in [1.29, 1.82) is 0 Å². The van der Waals surface area contributed by atoms with E-state index in [1.165, 1.54) is 104 Å². The molecular weight excluding hydrogens is 1090 g/mol. The number of carbonyl (C=O) groups excluding carboxylic acids is 5. The summed E-state index contributed by atoms with van der Waals surface area (Å²) in [5, 5.41) is 21.3. The van der Waals surface area contributed by atoms with Crippen molar-refractivity contribution in [3.8, 4) is 0 Å². The van der Waals surface area contributed by atoms with Crippen molar-refractivity contribution in [2.45, 2.75) is 50.9 Å². The van der Waals surface area contributed by atoms with Crippen molar-refractivity contribution in [2.75, 3.05) is 45.1 Å². The molecule has 0 saturated heterocycles. The fourth-order valence-electron chi connectivity index (χ4n) is 6.73. The molecule has 0 aliphatic carbocycles. The van der Waals surface area contributed by atoms with Crippen LogP contribution in [0.5, 0.6) is 0 Å². The molecule has 6 N–H and O–H groups in total. The SMILES string of the molecule is CN(C(=O)NCc1cccc(F)c1Cl)[C@@H](CCC(=O)O)COC(=O)Nc1cc2cc(F)ccc2cn1.COC(=O)CC[C@@H](COC(=O)Nc1cc2cc(F)ccc2cn1)N(C)C(=O)NCc1cccc(F)c1Cl.S.S.[Li+].[OH-]. The summed E-state index contributed by atoms with van der Waals surface area (Å²) in [6.07, 6.45) is 1.03. The van der Waals surface area contributed by atoms with Gasteiger partial charge in [0.05, 0.1) is 29.2 Å². The van der Waals surface area contributed by atoms with Gasteiger partial charge in [-0.1, -0.05) is 47.5 Å². The van der Waals surface area contributed by atoms with Gasteiger partial charge >= 0.3 is 55.0 Å². The van der Waals surface area contributed by atoms with Gasteiger partial charge in [-0.3, -0.25) is 20.2 Å². The molecule has 6 amide bonds. The number of aromatic nitrogens is 2. The number of likely N-dealkylation sites (N-methyl/N-ethyl adjacent to an activating group) is 2. The van der Waals surface area contributed by atoms with Crippen LogP contribution in [0, 0.1) is 23.3 Å². The van der Waals surface area contributed by atoms with Gasteiger partial charge in [-0.25, -0.2) is 46.7 Å². The number of amides is 6. The molecule has 6 aromatic rings. The molecule has 0 bridgehead atoms. The predicted molar refractivity (Wildman–Crippen MR) is 285 cm³/mol. The quantitative estimate of drug-likeness (QED) is 0.0259. The van der Waals surface area contributed by atoms with Gasteiger partial charge in [0.1, 0.15) is 48.1 Å². The molecule has 19 nitrogen and oxygen atoms in total. The Morgan fingerprint density at radius 3 is 1.42 bits per heavy atom. The van der Waals surface area contributed by atoms with E-state index in [-0.39, 0.29) is 125 Å². The molecule has 0 unspecified atom stereocenters. The number of nitrogens with one attached hydrogen (secondary N) is 4. The fourth-order valence-corrected chi connectivity index (χ4v) is 7.12. The number of halogens is 6. The number of hydrogen-bond acceptors (Lipinski definition) is 12. The molecule has 0 aliphatic rings. The minimum Gasteiger partial charge on any atom is -0.870 e. The van der Waals surface area contributed by atoms with Gasteiger partial charge < -0.3 is 45.2 Å². The van der Waals surface area contributed by atoms with Crippen LogP contribution in [-0.2, 0) is 36.9 Å². The average Bonchev–Trinajstić information content (AvgIpc) is 3.36. The molecule has 0 saturated carbocycles. The van der Waals surface area contributed by atoms with E-state index in [4.69, 9.17) is 37.8 Å². The Kier molecular flexibility index (Phi) is 29.7. The summed E-state index contributed by atoms with van der Waals surface area (Å²) in [4.78, 5) is 83.4. The first-order valence-electron chi connectivity index (χ1n) is 22.0. The van der Waals surface area contributed by atoms with Gasteiger partial charge in [0, 0.05) is 63.2 Å². The predicted octanol–water partition coefficient (Wildman–Crippen LogP) is 6.72. The maximum Gasteiger partial charge on any atom is 1.00 e. The molecule has 0 radical (unpaired) electrons. The van der Waals surface area contributed by atoms with E-state index in [2.05, 4.69) is 36.0 Å². The standard InChI is InChI=1S/C25H25ClF2N4O5.C24H23ClF2N4O5.Li.H2O.2H2S/c1-32(24(34)30-13-16-4-3-5-20(28)23(16)26)19(8-9-22(33)36-2)14-37-25(35)31-21-11-17-10-18(27)7-6-15(17)12-29-21;1-31(23(34)29-12-15-3-2-4-19(27)22(15)25)18(7-8-21(32)33)13-36-24(35)30-20-10-16-9-17(26)6-5-14(16)11-28-20;;;;/h3-7,10-12,19H,8-9,13-14H2,1-2H3,(H,30,34)(H,29,31,35);2-6,9-11,18H,7-8,12-13H2,1H3,(H,29,34)(H,32,33)(H,28,30,35);;3*1H2/q;;+1;;;/p-1/t19-;18-;;;;/m00..../s1. The summed E-state index contributed by atoms with van der Waals surface area (Å²) < 4.78 is 69.3. The average molecular weight is 1150 g/mol. The number of urea groups is 2. The van der Waals surface area contributed by atoms with E-state index in [0.717, 1.165) is 0 Å². The van der Waals surface area contributed by atoms with E-state index in [0.29, 0.717) is 32.7 Å². The maximum absolute atomic E-state index is 13.7. The molecular formula is C49H53Cl2F4LiN8O11S2. The Bertz CT molecular complexity index is 2990. The second kappa shape index (κ2) is 33.4. The smallest absolute Gasteiger partial charge is 0.870 e. The zero-order chi connectivity index (χ0) is 53.2. The molecule has 410 valence electrons. The van der Waals surface area contributed by atoms with Crippen LogP contribution < -0.4 is 40.1 Å². The van der Waals surface area contributed by atoms with Crippen LogP contribution in [-0.4, -0.2) is 113 Å². The zero-order valence-electron chi connectivity index (χ0n) is 41.7. The molecule has 2 atom stereocenters. The maximum atomic E-state index is 13.7. The van der Waals surface area contributed by atoms with Crippen LogP contribution in [0.15, 0.2) is 97.3 Å². The number of benzene rings is 4. The van der Waals surface area contributed by atoms with Gasteiger partial charge in [-0.05, 0) is 95.4 Å². The Labute approximate surface area is 475 Å². The van der Waals surface area contributed by atoms with Gasteiger partial charge in [-0.2, -0.15) is 27.0 Å². The normalized spacial score (nSPS) is 10.9. The number of ether oxygens (including phenoxy) is 3. The second-order valence-electron chi connectivity index (χ2n) is 15.9. The van der Waals surface area contributed by atoms with Gasteiger partial charge in [0.25, 0.3) is 0 Å². The topological polar surface area (TPSA) is 261 Å². The number of carboxylic acids is 1. The molecule has 28 heteroatoms. The first-order chi connectivity index (χ1) is 34.8. The van der Waals surface area contributed by atoms with Crippen molar-refractivity contribution in [1.82, 2.24) is 30.4 Å². The van der Waals surface area contributed by atoms with Crippen molar-refractivity contribution in [2.24, 2.45) is 0 Å².